The monoisotopic (exact) mass is 459 g/mol. The molecule has 2 heterocycles. The highest BCUT2D eigenvalue weighted by atomic mass is 32.2. The summed E-state index contributed by atoms with van der Waals surface area (Å²) in [6.45, 7) is 1.80. The van der Waals surface area contributed by atoms with E-state index in [2.05, 4.69) is 44.9 Å². The van der Waals surface area contributed by atoms with Crippen LogP contribution in [0.1, 0.15) is 43.6 Å². The molecule has 1 saturated heterocycles. The summed E-state index contributed by atoms with van der Waals surface area (Å²) in [5.41, 5.74) is 1.41. The Morgan fingerprint density at radius 2 is 1.81 bits per heavy atom. The first-order valence-electron chi connectivity index (χ1n) is 11.4. The first-order chi connectivity index (χ1) is 15.4. The topological polar surface area (TPSA) is 91.8 Å². The van der Waals surface area contributed by atoms with Crippen LogP contribution < -0.4 is 9.62 Å². The van der Waals surface area contributed by atoms with Crippen molar-refractivity contribution < 1.29 is 18.3 Å². The second kappa shape index (κ2) is 10.2. The minimum absolute atomic E-state index is 0.00877. The lowest BCUT2D eigenvalue weighted by molar-refractivity contribution is -0.00213. The van der Waals surface area contributed by atoms with Gasteiger partial charge in [0.05, 0.1) is 19.0 Å². The predicted octanol–water partition coefficient (Wildman–Crippen LogP) is 3.27. The first kappa shape index (κ1) is 23.0. The van der Waals surface area contributed by atoms with Gasteiger partial charge in [-0.1, -0.05) is 36.4 Å². The summed E-state index contributed by atoms with van der Waals surface area (Å²) in [5, 5.41) is 9.74. The van der Waals surface area contributed by atoms with E-state index in [1.165, 1.54) is 11.8 Å². The highest BCUT2D eigenvalue weighted by Crippen LogP contribution is 2.34. The molecular formula is C24H33N3O4S. The third-order valence-corrected chi connectivity index (χ3v) is 7.37. The Labute approximate surface area is 190 Å². The molecule has 1 aliphatic carbocycles. The summed E-state index contributed by atoms with van der Waals surface area (Å²) < 4.78 is 32.9. The van der Waals surface area contributed by atoms with Crippen molar-refractivity contribution in [1.82, 2.24) is 9.71 Å². The molecule has 2 fully saturated rings. The number of piperidine rings is 1. The van der Waals surface area contributed by atoms with Crippen molar-refractivity contribution >= 4 is 15.8 Å². The van der Waals surface area contributed by atoms with Crippen LogP contribution in [-0.2, 0) is 14.8 Å². The number of nitrogens with one attached hydrogen (secondary N) is 1. The van der Waals surface area contributed by atoms with Gasteiger partial charge in [0.25, 0.3) is 0 Å². The molecule has 8 heteroatoms. The lowest BCUT2D eigenvalue weighted by atomic mass is 9.82. The maximum Gasteiger partial charge on any atom is 0.212 e. The average Bonchev–Trinajstić information content (AvgIpc) is 2.78. The van der Waals surface area contributed by atoms with Gasteiger partial charge in [-0.2, -0.15) is 4.98 Å². The van der Waals surface area contributed by atoms with Crippen molar-refractivity contribution in [2.75, 3.05) is 30.9 Å². The second-order valence-electron chi connectivity index (χ2n) is 9.06. The summed E-state index contributed by atoms with van der Waals surface area (Å²) >= 11 is 0. The highest BCUT2D eigenvalue weighted by Gasteiger charge is 2.33. The Morgan fingerprint density at radius 3 is 2.50 bits per heavy atom. The quantitative estimate of drug-likeness (QED) is 0.660. The minimum Gasteiger partial charge on any atom is -0.493 e. The third-order valence-electron chi connectivity index (χ3n) is 6.63. The molecule has 0 amide bonds. The number of pyridine rings is 1. The maximum atomic E-state index is 11.9. The Bertz CT molecular complexity index is 978. The van der Waals surface area contributed by atoms with Crippen LogP contribution >= 0.6 is 0 Å². The molecule has 0 bridgehead atoms. The van der Waals surface area contributed by atoms with Crippen molar-refractivity contribution in [3.05, 3.63) is 54.1 Å². The number of sulfonamides is 1. The van der Waals surface area contributed by atoms with E-state index in [9.17, 15) is 13.5 Å². The van der Waals surface area contributed by atoms with Crippen molar-refractivity contribution in [1.29, 1.82) is 0 Å². The van der Waals surface area contributed by atoms with Crippen LogP contribution in [0.15, 0.2) is 48.5 Å². The predicted molar refractivity (Wildman–Crippen MR) is 125 cm³/mol. The number of aromatic nitrogens is 1. The average molecular weight is 460 g/mol. The van der Waals surface area contributed by atoms with Gasteiger partial charge < -0.3 is 14.7 Å². The van der Waals surface area contributed by atoms with Gasteiger partial charge >= 0.3 is 0 Å². The van der Waals surface area contributed by atoms with Crippen LogP contribution in [0, 0.1) is 5.92 Å². The van der Waals surface area contributed by atoms with E-state index in [4.69, 9.17) is 4.74 Å². The standard InChI is InChI=1S/C24H33N3O4S/c1-32(29,30)26-22-14-15-27(23-8-5-9-24(28)25-23)16-20(22)17-31-21-12-10-19(11-13-21)18-6-3-2-4-7-18/h2-9,19-22,26H,10-17H2,1H3,(H,25,28)/t19-,20-,21+,22-/m0/s1. The van der Waals surface area contributed by atoms with Crippen LogP contribution in [0.2, 0.25) is 0 Å². The Kier molecular flexibility index (Phi) is 7.33. The Balaban J connectivity index is 1.36. The normalized spacial score (nSPS) is 26.7. The van der Waals surface area contributed by atoms with E-state index in [-0.39, 0.29) is 23.9 Å². The van der Waals surface area contributed by atoms with E-state index in [1.54, 1.807) is 12.1 Å². The van der Waals surface area contributed by atoms with E-state index >= 15 is 0 Å². The molecule has 4 rings (SSSR count). The van der Waals surface area contributed by atoms with Crippen LogP contribution in [-0.4, -0.2) is 56.6 Å². The lowest BCUT2D eigenvalue weighted by Gasteiger charge is -2.40. The zero-order valence-corrected chi connectivity index (χ0v) is 19.4. The van der Waals surface area contributed by atoms with E-state index in [0.717, 1.165) is 25.7 Å². The number of nitrogens with zero attached hydrogens (tertiary/aromatic N) is 2. The molecule has 0 spiro atoms. The molecule has 2 atom stereocenters. The van der Waals surface area contributed by atoms with Crippen molar-refractivity contribution in [3.8, 4) is 5.88 Å². The molecule has 0 unspecified atom stereocenters. The number of ether oxygens (including phenoxy) is 1. The zero-order valence-electron chi connectivity index (χ0n) is 18.6. The largest absolute Gasteiger partial charge is 0.493 e. The lowest BCUT2D eigenvalue weighted by Crippen LogP contribution is -2.52. The van der Waals surface area contributed by atoms with E-state index < -0.39 is 10.0 Å². The van der Waals surface area contributed by atoms with Gasteiger partial charge in [-0.25, -0.2) is 13.1 Å². The number of rotatable bonds is 7. The number of aromatic hydroxyl groups is 1. The number of anilines is 1. The number of benzene rings is 1. The van der Waals surface area contributed by atoms with Gasteiger partial charge in [0.15, 0.2) is 0 Å². The summed E-state index contributed by atoms with van der Waals surface area (Å²) in [5.74, 6) is 1.30. The summed E-state index contributed by atoms with van der Waals surface area (Å²) in [7, 11) is -3.31. The van der Waals surface area contributed by atoms with Crippen molar-refractivity contribution in [2.45, 2.75) is 50.2 Å². The molecular weight excluding hydrogens is 426 g/mol. The number of hydrogen-bond donors (Lipinski definition) is 2. The van der Waals surface area contributed by atoms with Crippen molar-refractivity contribution in [2.24, 2.45) is 5.92 Å². The molecule has 2 aliphatic rings. The van der Waals surface area contributed by atoms with Crippen LogP contribution in [0.25, 0.3) is 0 Å². The first-order valence-corrected chi connectivity index (χ1v) is 13.3. The van der Waals surface area contributed by atoms with Crippen LogP contribution in [0.5, 0.6) is 5.88 Å². The van der Waals surface area contributed by atoms with Gasteiger partial charge in [0, 0.05) is 31.1 Å². The fourth-order valence-corrected chi connectivity index (χ4v) is 5.84. The van der Waals surface area contributed by atoms with E-state index in [1.807, 2.05) is 6.07 Å². The third kappa shape index (κ3) is 6.21. The molecule has 2 N–H and O–H groups in total. The van der Waals surface area contributed by atoms with Crippen LogP contribution in [0.3, 0.4) is 0 Å². The van der Waals surface area contributed by atoms with Gasteiger partial charge in [-0.05, 0) is 49.7 Å². The van der Waals surface area contributed by atoms with Gasteiger partial charge in [-0.3, -0.25) is 0 Å². The fraction of sp³-hybridized carbons (Fsp3) is 0.542. The van der Waals surface area contributed by atoms with Crippen molar-refractivity contribution in [3.63, 3.8) is 0 Å². The maximum absolute atomic E-state index is 11.9. The van der Waals surface area contributed by atoms with E-state index in [0.29, 0.717) is 37.9 Å². The highest BCUT2D eigenvalue weighted by molar-refractivity contribution is 7.88. The Hall–Kier alpha value is -2.16. The summed E-state index contributed by atoms with van der Waals surface area (Å²) in [6, 6.07) is 15.7. The molecule has 174 valence electrons. The SMILES string of the molecule is CS(=O)(=O)N[C@H]1CCN(c2cccc(O)n2)C[C@H]1CO[C@H]1CC[C@@H](c2ccccc2)CC1. The second-order valence-corrected chi connectivity index (χ2v) is 10.8. The number of hydrogen-bond acceptors (Lipinski definition) is 6. The molecule has 1 aliphatic heterocycles. The van der Waals surface area contributed by atoms with Gasteiger partial charge in [0.2, 0.25) is 15.9 Å². The molecule has 2 aromatic rings. The smallest absolute Gasteiger partial charge is 0.212 e. The molecule has 1 aromatic heterocycles. The van der Waals surface area contributed by atoms with Gasteiger partial charge in [0.1, 0.15) is 5.82 Å². The summed E-state index contributed by atoms with van der Waals surface area (Å²) in [6.07, 6.45) is 6.36. The molecule has 32 heavy (non-hydrogen) atoms. The summed E-state index contributed by atoms with van der Waals surface area (Å²) in [4.78, 5) is 6.32. The van der Waals surface area contributed by atoms with Gasteiger partial charge in [-0.15, -0.1) is 0 Å². The molecule has 1 saturated carbocycles. The molecule has 0 radical (unpaired) electrons. The Morgan fingerprint density at radius 1 is 1.06 bits per heavy atom. The minimum atomic E-state index is -3.31. The van der Waals surface area contributed by atoms with Crippen LogP contribution in [0.4, 0.5) is 5.82 Å². The fourth-order valence-electron chi connectivity index (χ4n) is 4.98. The molecule has 7 nitrogen and oxygen atoms in total. The zero-order chi connectivity index (χ0) is 22.6. The molecule has 1 aromatic carbocycles.